The second-order valence-corrected chi connectivity index (χ2v) is 5.19. The van der Waals surface area contributed by atoms with Gasteiger partial charge in [0.1, 0.15) is 0 Å². The summed E-state index contributed by atoms with van der Waals surface area (Å²) in [4.78, 5) is 14.3. The summed E-state index contributed by atoms with van der Waals surface area (Å²) in [5.74, 6) is -0.176. The first-order valence-corrected chi connectivity index (χ1v) is 6.96. The molecule has 0 aliphatic heterocycles. The number of anilines is 3. The molecule has 1 amide bonds. The highest BCUT2D eigenvalue weighted by atomic mass is 35.5. The summed E-state index contributed by atoms with van der Waals surface area (Å²) < 4.78 is 0. The molecule has 2 rings (SSSR count). The number of rotatable bonds is 4. The molecule has 0 atom stereocenters. The van der Waals surface area contributed by atoms with Gasteiger partial charge in [-0.15, -0.1) is 0 Å². The Labute approximate surface area is 129 Å². The van der Waals surface area contributed by atoms with Crippen molar-refractivity contribution in [3.8, 4) is 0 Å². The number of hydrogen-bond donors (Lipinski definition) is 2. The minimum absolute atomic E-state index is 0.176. The average molecular weight is 304 g/mol. The molecule has 0 aromatic heterocycles. The lowest BCUT2D eigenvalue weighted by atomic mass is 10.1. The highest BCUT2D eigenvalue weighted by Gasteiger charge is 2.14. The molecule has 4 nitrogen and oxygen atoms in total. The SMILES string of the molecule is CNc1ccccc1C(=O)Nc1cccc(Cl)c1N(C)C. The monoisotopic (exact) mass is 303 g/mol. The van der Waals surface area contributed by atoms with Crippen molar-refractivity contribution in [3.05, 3.63) is 53.1 Å². The van der Waals surface area contributed by atoms with Gasteiger partial charge in [0, 0.05) is 26.8 Å². The zero-order valence-electron chi connectivity index (χ0n) is 12.3. The van der Waals surface area contributed by atoms with E-state index >= 15 is 0 Å². The van der Waals surface area contributed by atoms with Crippen molar-refractivity contribution in [3.63, 3.8) is 0 Å². The van der Waals surface area contributed by atoms with E-state index in [4.69, 9.17) is 11.6 Å². The number of hydrogen-bond acceptors (Lipinski definition) is 3. The third-order valence-corrected chi connectivity index (χ3v) is 3.43. The van der Waals surface area contributed by atoms with Gasteiger partial charge >= 0.3 is 0 Å². The Kier molecular flexibility index (Phi) is 4.70. The van der Waals surface area contributed by atoms with Crippen LogP contribution in [0.15, 0.2) is 42.5 Å². The van der Waals surface area contributed by atoms with Gasteiger partial charge in [0.2, 0.25) is 0 Å². The standard InChI is InChI=1S/C16H18ClN3O/c1-18-13-9-5-4-7-11(13)16(21)19-14-10-6-8-12(17)15(14)20(2)3/h4-10,18H,1-3H3,(H,19,21). The number of carbonyl (C=O) groups is 1. The van der Waals surface area contributed by atoms with Gasteiger partial charge in [-0.3, -0.25) is 4.79 Å². The summed E-state index contributed by atoms with van der Waals surface area (Å²) in [6, 6.07) is 12.8. The zero-order valence-corrected chi connectivity index (χ0v) is 13.0. The van der Waals surface area contributed by atoms with Crippen LogP contribution < -0.4 is 15.5 Å². The van der Waals surface area contributed by atoms with Gasteiger partial charge in [-0.25, -0.2) is 0 Å². The molecule has 21 heavy (non-hydrogen) atoms. The fraction of sp³-hybridized carbons (Fsp3) is 0.188. The van der Waals surface area contributed by atoms with Crippen molar-refractivity contribution in [2.75, 3.05) is 36.7 Å². The van der Waals surface area contributed by atoms with Gasteiger partial charge in [0.25, 0.3) is 5.91 Å². The molecule has 2 aromatic rings. The van der Waals surface area contributed by atoms with Crippen molar-refractivity contribution in [1.82, 2.24) is 0 Å². The Morgan fingerprint density at radius 1 is 1.05 bits per heavy atom. The molecule has 0 bridgehead atoms. The number of para-hydroxylation sites is 2. The second-order valence-electron chi connectivity index (χ2n) is 4.78. The predicted molar refractivity (Wildman–Crippen MR) is 89.7 cm³/mol. The highest BCUT2D eigenvalue weighted by molar-refractivity contribution is 6.34. The predicted octanol–water partition coefficient (Wildman–Crippen LogP) is 3.70. The molecule has 0 fully saturated rings. The van der Waals surface area contributed by atoms with Crippen LogP contribution in [0.1, 0.15) is 10.4 Å². The lowest BCUT2D eigenvalue weighted by Crippen LogP contribution is -2.18. The lowest BCUT2D eigenvalue weighted by Gasteiger charge is -2.19. The molecule has 5 heteroatoms. The second kappa shape index (κ2) is 6.50. The summed E-state index contributed by atoms with van der Waals surface area (Å²) >= 11 is 6.21. The Morgan fingerprint density at radius 2 is 1.71 bits per heavy atom. The summed E-state index contributed by atoms with van der Waals surface area (Å²) in [5, 5.41) is 6.53. The van der Waals surface area contributed by atoms with Crippen molar-refractivity contribution < 1.29 is 4.79 Å². The fourth-order valence-electron chi connectivity index (χ4n) is 2.16. The maximum atomic E-state index is 12.5. The molecule has 110 valence electrons. The summed E-state index contributed by atoms with van der Waals surface area (Å²) in [6.07, 6.45) is 0. The quantitative estimate of drug-likeness (QED) is 0.905. The van der Waals surface area contributed by atoms with Crippen molar-refractivity contribution in [2.24, 2.45) is 0 Å². The first-order chi connectivity index (χ1) is 10.0. The Morgan fingerprint density at radius 3 is 2.38 bits per heavy atom. The van der Waals surface area contributed by atoms with Crippen LogP contribution in [0.2, 0.25) is 5.02 Å². The summed E-state index contributed by atoms with van der Waals surface area (Å²) in [7, 11) is 5.56. The van der Waals surface area contributed by atoms with Crippen LogP contribution in [0, 0.1) is 0 Å². The third kappa shape index (κ3) is 3.28. The maximum absolute atomic E-state index is 12.5. The van der Waals surface area contributed by atoms with Crippen molar-refractivity contribution >= 4 is 34.6 Å². The largest absolute Gasteiger partial charge is 0.387 e. The third-order valence-electron chi connectivity index (χ3n) is 3.12. The van der Waals surface area contributed by atoms with E-state index in [2.05, 4.69) is 10.6 Å². The fourth-order valence-corrected chi connectivity index (χ4v) is 2.50. The number of nitrogens with zero attached hydrogens (tertiary/aromatic N) is 1. The van der Waals surface area contributed by atoms with E-state index in [9.17, 15) is 4.79 Å². The molecule has 0 saturated heterocycles. The number of nitrogens with one attached hydrogen (secondary N) is 2. The molecule has 2 aromatic carbocycles. The molecule has 0 saturated carbocycles. The van der Waals surface area contributed by atoms with Crippen molar-refractivity contribution in [2.45, 2.75) is 0 Å². The van der Waals surface area contributed by atoms with E-state index in [1.54, 1.807) is 19.2 Å². The topological polar surface area (TPSA) is 44.4 Å². The van der Waals surface area contributed by atoms with E-state index in [1.807, 2.05) is 49.3 Å². The van der Waals surface area contributed by atoms with Gasteiger partial charge in [-0.05, 0) is 24.3 Å². The Hall–Kier alpha value is -2.20. The van der Waals surface area contributed by atoms with Crippen LogP contribution in [-0.2, 0) is 0 Å². The first kappa shape index (κ1) is 15.2. The number of amides is 1. The molecule has 0 radical (unpaired) electrons. The minimum atomic E-state index is -0.176. The molecule has 2 N–H and O–H groups in total. The average Bonchev–Trinajstić information content (AvgIpc) is 2.46. The summed E-state index contributed by atoms with van der Waals surface area (Å²) in [5.41, 5.74) is 2.84. The molecular formula is C16H18ClN3O. The van der Waals surface area contributed by atoms with Gasteiger partial charge in [0.05, 0.1) is 22.0 Å². The van der Waals surface area contributed by atoms with E-state index in [1.165, 1.54) is 0 Å². The maximum Gasteiger partial charge on any atom is 0.257 e. The van der Waals surface area contributed by atoms with Crippen LogP contribution >= 0.6 is 11.6 Å². The van der Waals surface area contributed by atoms with Gasteiger partial charge in [-0.2, -0.15) is 0 Å². The van der Waals surface area contributed by atoms with E-state index in [0.717, 1.165) is 11.4 Å². The van der Waals surface area contributed by atoms with Gasteiger partial charge < -0.3 is 15.5 Å². The number of benzene rings is 2. The van der Waals surface area contributed by atoms with Crippen molar-refractivity contribution in [1.29, 1.82) is 0 Å². The molecule has 0 aliphatic carbocycles. The first-order valence-electron chi connectivity index (χ1n) is 6.58. The molecule has 0 unspecified atom stereocenters. The zero-order chi connectivity index (χ0) is 15.4. The lowest BCUT2D eigenvalue weighted by molar-refractivity contribution is 0.102. The van der Waals surface area contributed by atoms with Crippen LogP contribution in [0.4, 0.5) is 17.1 Å². The smallest absolute Gasteiger partial charge is 0.257 e. The van der Waals surface area contributed by atoms with E-state index in [-0.39, 0.29) is 5.91 Å². The Balaban J connectivity index is 2.34. The molecule has 0 heterocycles. The number of halogens is 1. The summed E-state index contributed by atoms with van der Waals surface area (Å²) in [6.45, 7) is 0. The van der Waals surface area contributed by atoms with Gasteiger partial charge in [-0.1, -0.05) is 29.8 Å². The Bertz CT molecular complexity index is 656. The van der Waals surface area contributed by atoms with Crippen LogP contribution in [0.25, 0.3) is 0 Å². The van der Waals surface area contributed by atoms with Crippen LogP contribution in [0.5, 0.6) is 0 Å². The van der Waals surface area contributed by atoms with E-state index < -0.39 is 0 Å². The highest BCUT2D eigenvalue weighted by Crippen LogP contribution is 2.33. The van der Waals surface area contributed by atoms with Gasteiger partial charge in [0.15, 0.2) is 0 Å². The van der Waals surface area contributed by atoms with E-state index in [0.29, 0.717) is 16.3 Å². The minimum Gasteiger partial charge on any atom is -0.387 e. The molecule has 0 spiro atoms. The molecule has 0 aliphatic rings. The normalized spacial score (nSPS) is 10.1. The molecular weight excluding hydrogens is 286 g/mol. The number of carbonyl (C=O) groups excluding carboxylic acids is 1. The van der Waals surface area contributed by atoms with Crippen LogP contribution in [-0.4, -0.2) is 27.1 Å². The van der Waals surface area contributed by atoms with Crippen LogP contribution in [0.3, 0.4) is 0 Å².